The molecule has 1 aromatic carbocycles. The molecule has 1 fully saturated rings. The van der Waals surface area contributed by atoms with E-state index in [-0.39, 0.29) is 5.92 Å². The summed E-state index contributed by atoms with van der Waals surface area (Å²) in [6.07, 6.45) is 5.32. The van der Waals surface area contributed by atoms with Crippen molar-refractivity contribution >= 4 is 10.0 Å². The first-order valence-corrected chi connectivity index (χ1v) is 8.99. The van der Waals surface area contributed by atoms with E-state index < -0.39 is 10.0 Å². The Bertz CT molecular complexity index is 754. The normalized spacial score (nSPS) is 20.2. The maximum atomic E-state index is 12.9. The highest BCUT2D eigenvalue weighted by Crippen LogP contribution is 2.29. The van der Waals surface area contributed by atoms with Gasteiger partial charge < -0.3 is 4.98 Å². The molecule has 1 aliphatic heterocycles. The molecule has 0 unspecified atom stereocenters. The Hall–Kier alpha value is -1.66. The Morgan fingerprint density at radius 3 is 2.82 bits per heavy atom. The minimum atomic E-state index is -3.44. The number of H-pyrrole nitrogens is 1. The van der Waals surface area contributed by atoms with Crippen LogP contribution in [0.3, 0.4) is 0 Å². The van der Waals surface area contributed by atoms with Gasteiger partial charge in [0.15, 0.2) is 0 Å². The quantitative estimate of drug-likeness (QED) is 0.945. The van der Waals surface area contributed by atoms with Gasteiger partial charge in [-0.1, -0.05) is 17.7 Å². The van der Waals surface area contributed by atoms with Crippen molar-refractivity contribution in [3.63, 3.8) is 0 Å². The molecule has 1 aliphatic rings. The van der Waals surface area contributed by atoms with E-state index in [2.05, 4.69) is 9.97 Å². The Kier molecular flexibility index (Phi) is 4.06. The number of sulfonamides is 1. The maximum Gasteiger partial charge on any atom is 0.243 e. The lowest BCUT2D eigenvalue weighted by molar-refractivity contribution is 0.310. The summed E-state index contributed by atoms with van der Waals surface area (Å²) in [6, 6.07) is 5.49. The summed E-state index contributed by atoms with van der Waals surface area (Å²) < 4.78 is 27.5. The summed E-state index contributed by atoms with van der Waals surface area (Å²) in [5, 5.41) is 0. The number of aromatic nitrogens is 2. The third-order valence-electron chi connectivity index (χ3n) is 4.24. The fraction of sp³-hybridized carbons (Fsp3) is 0.438. The van der Waals surface area contributed by atoms with Crippen LogP contribution in [0.1, 0.15) is 35.7 Å². The van der Waals surface area contributed by atoms with Crippen molar-refractivity contribution in [2.75, 3.05) is 13.1 Å². The van der Waals surface area contributed by atoms with Gasteiger partial charge in [0, 0.05) is 31.4 Å². The molecule has 0 saturated carbocycles. The fourth-order valence-corrected chi connectivity index (χ4v) is 4.84. The van der Waals surface area contributed by atoms with E-state index in [1.54, 1.807) is 22.8 Å². The average molecular weight is 319 g/mol. The zero-order chi connectivity index (χ0) is 15.7. The van der Waals surface area contributed by atoms with E-state index in [1.807, 2.05) is 26.0 Å². The number of piperidine rings is 1. The van der Waals surface area contributed by atoms with Gasteiger partial charge in [-0.25, -0.2) is 13.4 Å². The molecule has 22 heavy (non-hydrogen) atoms. The third-order valence-corrected chi connectivity index (χ3v) is 6.26. The van der Waals surface area contributed by atoms with Crippen molar-refractivity contribution in [3.8, 4) is 0 Å². The largest absolute Gasteiger partial charge is 0.348 e. The Balaban J connectivity index is 1.88. The number of hydrogen-bond acceptors (Lipinski definition) is 3. The number of aryl methyl sites for hydroxylation is 2. The molecule has 1 saturated heterocycles. The number of imidazole rings is 1. The smallest absolute Gasteiger partial charge is 0.243 e. The Morgan fingerprint density at radius 1 is 1.32 bits per heavy atom. The van der Waals surface area contributed by atoms with Crippen LogP contribution in [0.4, 0.5) is 0 Å². The molecule has 5 nitrogen and oxygen atoms in total. The second-order valence-corrected chi connectivity index (χ2v) is 7.85. The van der Waals surface area contributed by atoms with Crippen LogP contribution in [-0.2, 0) is 10.0 Å². The molecule has 118 valence electrons. The Morgan fingerprint density at radius 2 is 2.14 bits per heavy atom. The van der Waals surface area contributed by atoms with Crippen molar-refractivity contribution in [1.82, 2.24) is 14.3 Å². The Labute approximate surface area is 131 Å². The maximum absolute atomic E-state index is 12.9. The predicted octanol–water partition coefficient (Wildman–Crippen LogP) is 2.59. The van der Waals surface area contributed by atoms with Crippen molar-refractivity contribution in [3.05, 3.63) is 47.5 Å². The molecule has 2 aromatic rings. The first-order valence-electron chi connectivity index (χ1n) is 7.55. The average Bonchev–Trinajstić information content (AvgIpc) is 3.01. The van der Waals surface area contributed by atoms with Crippen LogP contribution in [0.5, 0.6) is 0 Å². The summed E-state index contributed by atoms with van der Waals surface area (Å²) in [7, 11) is -3.44. The van der Waals surface area contributed by atoms with Gasteiger partial charge >= 0.3 is 0 Å². The lowest BCUT2D eigenvalue weighted by Crippen LogP contribution is -2.39. The van der Waals surface area contributed by atoms with E-state index >= 15 is 0 Å². The fourth-order valence-electron chi connectivity index (χ4n) is 3.11. The number of rotatable bonds is 3. The molecule has 0 amide bonds. The molecular weight excluding hydrogens is 298 g/mol. The van der Waals surface area contributed by atoms with Gasteiger partial charge in [-0.05, 0) is 38.3 Å². The highest BCUT2D eigenvalue weighted by atomic mass is 32.2. The minimum Gasteiger partial charge on any atom is -0.348 e. The number of nitrogens with one attached hydrogen (secondary N) is 1. The topological polar surface area (TPSA) is 66.1 Å². The minimum absolute atomic E-state index is 0.143. The van der Waals surface area contributed by atoms with Crippen LogP contribution >= 0.6 is 0 Å². The SMILES string of the molecule is Cc1ccc(S(=O)(=O)N2CCC[C@H](c3ncc[nH]3)C2)c(C)c1. The number of aromatic amines is 1. The standard InChI is InChI=1S/C16H21N3O2S/c1-12-5-6-15(13(2)10-12)22(20,21)19-9-3-4-14(11-19)16-17-7-8-18-16/h5-8,10,14H,3-4,9,11H2,1-2H3,(H,17,18)/t14-/m0/s1. The summed E-state index contributed by atoms with van der Waals surface area (Å²) in [6.45, 7) is 4.89. The molecule has 1 aromatic heterocycles. The van der Waals surface area contributed by atoms with Crippen LogP contribution in [0.25, 0.3) is 0 Å². The molecule has 0 bridgehead atoms. The zero-order valence-corrected chi connectivity index (χ0v) is 13.7. The highest BCUT2D eigenvalue weighted by Gasteiger charge is 2.32. The van der Waals surface area contributed by atoms with E-state index in [9.17, 15) is 8.42 Å². The predicted molar refractivity (Wildman–Crippen MR) is 85.2 cm³/mol. The lowest BCUT2D eigenvalue weighted by atomic mass is 9.99. The van der Waals surface area contributed by atoms with E-state index in [0.29, 0.717) is 18.0 Å². The highest BCUT2D eigenvalue weighted by molar-refractivity contribution is 7.89. The van der Waals surface area contributed by atoms with Crippen LogP contribution in [-0.4, -0.2) is 35.8 Å². The van der Waals surface area contributed by atoms with Gasteiger partial charge in [-0.2, -0.15) is 4.31 Å². The van der Waals surface area contributed by atoms with Crippen LogP contribution in [0.15, 0.2) is 35.5 Å². The molecule has 0 radical (unpaired) electrons. The first kappa shape index (κ1) is 15.2. The van der Waals surface area contributed by atoms with Gasteiger partial charge in [0.1, 0.15) is 5.82 Å². The summed E-state index contributed by atoms with van der Waals surface area (Å²) in [5.74, 6) is 1.02. The molecule has 1 atom stereocenters. The number of benzene rings is 1. The van der Waals surface area contributed by atoms with Gasteiger partial charge in [-0.3, -0.25) is 0 Å². The van der Waals surface area contributed by atoms with Gasteiger partial charge in [0.2, 0.25) is 10.0 Å². The molecule has 6 heteroatoms. The van der Waals surface area contributed by atoms with E-state index in [0.717, 1.165) is 29.8 Å². The van der Waals surface area contributed by atoms with Crippen LogP contribution < -0.4 is 0 Å². The first-order chi connectivity index (χ1) is 10.5. The summed E-state index contributed by atoms with van der Waals surface area (Å²) >= 11 is 0. The van der Waals surface area contributed by atoms with Crippen molar-refractivity contribution < 1.29 is 8.42 Å². The molecule has 3 rings (SSSR count). The van der Waals surface area contributed by atoms with Gasteiger partial charge in [-0.15, -0.1) is 0 Å². The molecule has 2 heterocycles. The van der Waals surface area contributed by atoms with Crippen molar-refractivity contribution in [2.45, 2.75) is 37.5 Å². The molecule has 0 aliphatic carbocycles. The van der Waals surface area contributed by atoms with Crippen LogP contribution in [0, 0.1) is 13.8 Å². The third kappa shape index (κ3) is 2.80. The second-order valence-electron chi connectivity index (χ2n) is 5.95. The zero-order valence-electron chi connectivity index (χ0n) is 12.9. The molecular formula is C16H21N3O2S. The second kappa shape index (κ2) is 5.85. The van der Waals surface area contributed by atoms with Gasteiger partial charge in [0.05, 0.1) is 4.90 Å². The van der Waals surface area contributed by atoms with E-state index in [4.69, 9.17) is 0 Å². The molecule has 1 N–H and O–H groups in total. The van der Waals surface area contributed by atoms with Gasteiger partial charge in [0.25, 0.3) is 0 Å². The van der Waals surface area contributed by atoms with Crippen LogP contribution in [0.2, 0.25) is 0 Å². The van der Waals surface area contributed by atoms with E-state index in [1.165, 1.54) is 0 Å². The summed E-state index contributed by atoms with van der Waals surface area (Å²) in [5.41, 5.74) is 1.88. The number of nitrogens with zero attached hydrogens (tertiary/aromatic N) is 2. The lowest BCUT2D eigenvalue weighted by Gasteiger charge is -2.31. The summed E-state index contributed by atoms with van der Waals surface area (Å²) in [4.78, 5) is 7.80. The van der Waals surface area contributed by atoms with Crippen molar-refractivity contribution in [2.24, 2.45) is 0 Å². The monoisotopic (exact) mass is 319 g/mol. The molecule has 0 spiro atoms. The van der Waals surface area contributed by atoms with Crippen molar-refractivity contribution in [1.29, 1.82) is 0 Å². The number of hydrogen-bond donors (Lipinski definition) is 1.